The highest BCUT2D eigenvalue weighted by Crippen LogP contribution is 2.39. The zero-order chi connectivity index (χ0) is 16.1. The van der Waals surface area contributed by atoms with Gasteiger partial charge in [-0.15, -0.1) is 0 Å². The van der Waals surface area contributed by atoms with Crippen molar-refractivity contribution in [3.05, 3.63) is 58.4 Å². The molecule has 0 fully saturated rings. The van der Waals surface area contributed by atoms with Crippen LogP contribution in [-0.4, -0.2) is 21.7 Å². The number of amides is 2. The van der Waals surface area contributed by atoms with Crippen molar-refractivity contribution in [2.75, 3.05) is 5.73 Å². The standard InChI is InChI=1S/C16H14ClN3O2/c1-16(2,9-4-3-7-19-8-9)20-14(21)12-10(17)5-6-11(18)13(12)15(20)22/h3-8H,18H2,1-2H3. The summed E-state index contributed by atoms with van der Waals surface area (Å²) in [5.41, 5.74) is 6.35. The van der Waals surface area contributed by atoms with Gasteiger partial charge in [0.2, 0.25) is 0 Å². The molecule has 3 rings (SSSR count). The number of aromatic nitrogens is 1. The van der Waals surface area contributed by atoms with Gasteiger partial charge in [0.05, 0.1) is 21.7 Å². The van der Waals surface area contributed by atoms with Gasteiger partial charge in [0.15, 0.2) is 0 Å². The third-order valence-corrected chi connectivity index (χ3v) is 4.26. The van der Waals surface area contributed by atoms with E-state index in [2.05, 4.69) is 4.98 Å². The molecule has 112 valence electrons. The summed E-state index contributed by atoms with van der Waals surface area (Å²) in [6.45, 7) is 3.57. The molecule has 2 heterocycles. The van der Waals surface area contributed by atoms with Crippen LogP contribution in [0.4, 0.5) is 5.69 Å². The fraction of sp³-hybridized carbons (Fsp3) is 0.188. The number of imide groups is 1. The Kier molecular flexibility index (Phi) is 3.18. The number of nitrogens with zero attached hydrogens (tertiary/aromatic N) is 2. The highest BCUT2D eigenvalue weighted by Gasteiger charge is 2.47. The van der Waals surface area contributed by atoms with Gasteiger partial charge in [0, 0.05) is 18.1 Å². The largest absolute Gasteiger partial charge is 0.398 e. The van der Waals surface area contributed by atoms with Crippen molar-refractivity contribution >= 4 is 29.1 Å². The third-order valence-electron chi connectivity index (χ3n) is 3.95. The van der Waals surface area contributed by atoms with Crippen LogP contribution < -0.4 is 5.73 Å². The van der Waals surface area contributed by atoms with Crippen LogP contribution in [0.1, 0.15) is 40.1 Å². The lowest BCUT2D eigenvalue weighted by Crippen LogP contribution is -2.45. The number of anilines is 1. The molecule has 0 radical (unpaired) electrons. The van der Waals surface area contributed by atoms with Crippen LogP contribution in [-0.2, 0) is 5.54 Å². The maximum Gasteiger partial charge on any atom is 0.264 e. The molecule has 2 N–H and O–H groups in total. The lowest BCUT2D eigenvalue weighted by atomic mass is 9.94. The number of rotatable bonds is 2. The van der Waals surface area contributed by atoms with E-state index in [-0.39, 0.29) is 21.8 Å². The summed E-state index contributed by atoms with van der Waals surface area (Å²) in [6, 6.07) is 6.65. The Morgan fingerprint density at radius 1 is 1.14 bits per heavy atom. The number of nitrogens with two attached hydrogens (primary N) is 1. The fourth-order valence-electron chi connectivity index (χ4n) is 2.71. The van der Waals surface area contributed by atoms with Gasteiger partial charge >= 0.3 is 0 Å². The molecule has 1 aliphatic rings. The lowest BCUT2D eigenvalue weighted by Gasteiger charge is -2.34. The smallest absolute Gasteiger partial charge is 0.264 e. The molecule has 0 bridgehead atoms. The molecule has 6 heteroatoms. The van der Waals surface area contributed by atoms with Gasteiger partial charge in [-0.05, 0) is 37.6 Å². The Morgan fingerprint density at radius 2 is 1.82 bits per heavy atom. The minimum absolute atomic E-state index is 0.170. The highest BCUT2D eigenvalue weighted by atomic mass is 35.5. The first-order valence-corrected chi connectivity index (χ1v) is 7.11. The van der Waals surface area contributed by atoms with Crippen molar-refractivity contribution in [1.82, 2.24) is 9.88 Å². The number of halogens is 1. The molecule has 22 heavy (non-hydrogen) atoms. The van der Waals surface area contributed by atoms with E-state index in [1.165, 1.54) is 17.0 Å². The maximum atomic E-state index is 12.7. The van der Waals surface area contributed by atoms with E-state index < -0.39 is 17.4 Å². The van der Waals surface area contributed by atoms with Crippen molar-refractivity contribution in [3.63, 3.8) is 0 Å². The van der Waals surface area contributed by atoms with Crippen molar-refractivity contribution in [1.29, 1.82) is 0 Å². The summed E-state index contributed by atoms with van der Waals surface area (Å²) in [5.74, 6) is -0.875. The molecule has 2 aromatic rings. The molecule has 0 unspecified atom stereocenters. The summed E-state index contributed by atoms with van der Waals surface area (Å²) in [7, 11) is 0. The number of carbonyl (C=O) groups excluding carboxylic acids is 2. The second kappa shape index (κ2) is 4.81. The van der Waals surface area contributed by atoms with Gasteiger partial charge in [-0.2, -0.15) is 0 Å². The van der Waals surface area contributed by atoms with E-state index in [1.807, 2.05) is 6.07 Å². The molecule has 0 atom stereocenters. The van der Waals surface area contributed by atoms with Crippen LogP contribution in [0, 0.1) is 0 Å². The molecule has 1 aliphatic heterocycles. The first-order chi connectivity index (χ1) is 10.4. The van der Waals surface area contributed by atoms with Crippen LogP contribution in [0.25, 0.3) is 0 Å². The molecule has 0 spiro atoms. The number of benzene rings is 1. The van der Waals surface area contributed by atoms with Gasteiger partial charge in [-0.25, -0.2) is 0 Å². The van der Waals surface area contributed by atoms with Crippen LogP contribution in [0.3, 0.4) is 0 Å². The van der Waals surface area contributed by atoms with Crippen molar-refractivity contribution in [2.45, 2.75) is 19.4 Å². The molecule has 0 saturated heterocycles. The number of pyridine rings is 1. The number of hydrogen-bond acceptors (Lipinski definition) is 4. The van der Waals surface area contributed by atoms with E-state index in [0.29, 0.717) is 0 Å². The Labute approximate surface area is 132 Å². The van der Waals surface area contributed by atoms with Gasteiger partial charge < -0.3 is 5.73 Å². The second-order valence-electron chi connectivity index (χ2n) is 5.63. The Balaban J connectivity index is 2.16. The highest BCUT2D eigenvalue weighted by molar-refractivity contribution is 6.38. The molecule has 2 amide bonds. The predicted octanol–water partition coefficient (Wildman–Crippen LogP) is 2.85. The zero-order valence-electron chi connectivity index (χ0n) is 12.1. The molecule has 0 aliphatic carbocycles. The van der Waals surface area contributed by atoms with Crippen LogP contribution in [0.2, 0.25) is 5.02 Å². The molecule has 1 aromatic heterocycles. The SMILES string of the molecule is CC(C)(c1cccnc1)N1C(=O)c2c(N)ccc(Cl)c2C1=O. The van der Waals surface area contributed by atoms with Gasteiger partial charge in [-0.3, -0.25) is 19.5 Å². The van der Waals surface area contributed by atoms with Gasteiger partial charge in [0.1, 0.15) is 0 Å². The van der Waals surface area contributed by atoms with Crippen molar-refractivity contribution < 1.29 is 9.59 Å². The predicted molar refractivity (Wildman–Crippen MR) is 83.6 cm³/mol. The number of carbonyl (C=O) groups is 2. The van der Waals surface area contributed by atoms with Crippen LogP contribution in [0.5, 0.6) is 0 Å². The van der Waals surface area contributed by atoms with E-state index >= 15 is 0 Å². The minimum atomic E-state index is -0.864. The first-order valence-electron chi connectivity index (χ1n) is 6.73. The van der Waals surface area contributed by atoms with Gasteiger partial charge in [-0.1, -0.05) is 17.7 Å². The number of fused-ring (bicyclic) bond motifs is 1. The molecular weight excluding hydrogens is 302 g/mol. The minimum Gasteiger partial charge on any atom is -0.398 e. The average Bonchev–Trinajstić information content (AvgIpc) is 2.77. The summed E-state index contributed by atoms with van der Waals surface area (Å²) < 4.78 is 0. The first kappa shape index (κ1) is 14.5. The third kappa shape index (κ3) is 1.89. The quantitative estimate of drug-likeness (QED) is 0.683. The average molecular weight is 316 g/mol. The molecule has 0 saturated carbocycles. The molecular formula is C16H14ClN3O2. The molecule has 1 aromatic carbocycles. The fourth-order valence-corrected chi connectivity index (χ4v) is 2.95. The normalized spacial score (nSPS) is 14.4. The van der Waals surface area contributed by atoms with E-state index in [4.69, 9.17) is 17.3 Å². The number of hydrogen-bond donors (Lipinski definition) is 1. The topological polar surface area (TPSA) is 76.3 Å². The van der Waals surface area contributed by atoms with E-state index in [1.54, 1.807) is 32.3 Å². The van der Waals surface area contributed by atoms with Gasteiger partial charge in [0.25, 0.3) is 11.8 Å². The van der Waals surface area contributed by atoms with Crippen LogP contribution >= 0.6 is 11.6 Å². The monoisotopic (exact) mass is 315 g/mol. The van der Waals surface area contributed by atoms with Crippen molar-refractivity contribution in [3.8, 4) is 0 Å². The Morgan fingerprint density at radius 3 is 2.41 bits per heavy atom. The zero-order valence-corrected chi connectivity index (χ0v) is 12.9. The summed E-state index contributed by atoms with van der Waals surface area (Å²) >= 11 is 6.10. The van der Waals surface area contributed by atoms with E-state index in [9.17, 15) is 9.59 Å². The summed E-state index contributed by atoms with van der Waals surface area (Å²) in [5, 5.41) is 0.229. The lowest BCUT2D eigenvalue weighted by molar-refractivity contribution is 0.0475. The Hall–Kier alpha value is -2.40. The number of nitrogen functional groups attached to an aromatic ring is 1. The Bertz CT molecular complexity index is 746. The second-order valence-corrected chi connectivity index (χ2v) is 6.04. The summed E-state index contributed by atoms with van der Waals surface area (Å²) in [6.07, 6.45) is 3.27. The molecule has 5 nitrogen and oxygen atoms in total. The summed E-state index contributed by atoms with van der Waals surface area (Å²) in [4.78, 5) is 30.7. The van der Waals surface area contributed by atoms with Crippen molar-refractivity contribution in [2.24, 2.45) is 0 Å². The van der Waals surface area contributed by atoms with E-state index in [0.717, 1.165) is 5.56 Å². The van der Waals surface area contributed by atoms with Crippen LogP contribution in [0.15, 0.2) is 36.7 Å². The maximum absolute atomic E-state index is 12.7.